The Morgan fingerprint density at radius 3 is 2.58 bits per heavy atom. The van der Waals surface area contributed by atoms with Crippen molar-refractivity contribution in [2.45, 2.75) is 44.3 Å². The predicted octanol–water partition coefficient (Wildman–Crippen LogP) is -2.05. The van der Waals surface area contributed by atoms with E-state index in [1.54, 1.807) is 0 Å². The molecule has 1 aliphatic heterocycles. The average Bonchev–Trinajstić information content (AvgIpc) is 2.79. The van der Waals surface area contributed by atoms with E-state index in [4.69, 9.17) is 4.74 Å². The molecular formula is C14H19N3O7. The van der Waals surface area contributed by atoms with Crippen molar-refractivity contribution in [1.29, 1.82) is 0 Å². The van der Waals surface area contributed by atoms with Crippen LogP contribution in [-0.2, 0) is 20.1 Å². The fraction of sp³-hybridized carbons (Fsp3) is 0.571. The van der Waals surface area contributed by atoms with E-state index in [0.717, 1.165) is 10.8 Å². The fourth-order valence-corrected chi connectivity index (χ4v) is 2.67. The minimum Gasteiger partial charge on any atom is -0.394 e. The van der Waals surface area contributed by atoms with Gasteiger partial charge >= 0.3 is 5.69 Å². The molecule has 4 atom stereocenters. The van der Waals surface area contributed by atoms with Crippen molar-refractivity contribution in [2.75, 3.05) is 11.9 Å². The molecule has 1 aromatic heterocycles. The summed E-state index contributed by atoms with van der Waals surface area (Å²) in [5, 5.41) is 31.9. The number of Topliss-reactive ketones (excluding diaryl/α,β-unsaturated/α-hetero) is 1. The number of amides is 1. The number of nitrogens with zero attached hydrogens (tertiary/aromatic N) is 2. The van der Waals surface area contributed by atoms with Gasteiger partial charge in [0.1, 0.15) is 24.1 Å². The van der Waals surface area contributed by atoms with Crippen LogP contribution in [0.5, 0.6) is 0 Å². The van der Waals surface area contributed by atoms with Crippen LogP contribution in [0.4, 0.5) is 5.82 Å². The van der Waals surface area contributed by atoms with E-state index in [0.29, 0.717) is 0 Å². The summed E-state index contributed by atoms with van der Waals surface area (Å²) < 4.78 is 6.16. The number of hydrogen-bond donors (Lipinski definition) is 4. The van der Waals surface area contributed by atoms with Crippen molar-refractivity contribution in [3.05, 3.63) is 22.7 Å². The summed E-state index contributed by atoms with van der Waals surface area (Å²) in [5.41, 5.74) is -3.16. The third kappa shape index (κ3) is 2.84. The Morgan fingerprint density at radius 1 is 1.46 bits per heavy atom. The quantitative estimate of drug-likeness (QED) is 0.477. The summed E-state index contributed by atoms with van der Waals surface area (Å²) in [7, 11) is 0. The lowest BCUT2D eigenvalue weighted by atomic mass is 9.96. The van der Waals surface area contributed by atoms with Gasteiger partial charge in [-0.3, -0.25) is 14.2 Å². The topological polar surface area (TPSA) is 151 Å². The number of ketones is 1. The summed E-state index contributed by atoms with van der Waals surface area (Å²) in [4.78, 5) is 39.4. The molecule has 0 bridgehead atoms. The summed E-state index contributed by atoms with van der Waals surface area (Å²) in [6.07, 6.45) is -3.54. The van der Waals surface area contributed by atoms with Crippen LogP contribution in [0.25, 0.3) is 0 Å². The van der Waals surface area contributed by atoms with Gasteiger partial charge in [0, 0.05) is 19.5 Å². The molecule has 1 aliphatic rings. The summed E-state index contributed by atoms with van der Waals surface area (Å²) in [5.74, 6) is -1.14. The molecule has 4 N–H and O–H groups in total. The predicted molar refractivity (Wildman–Crippen MR) is 80.0 cm³/mol. The summed E-state index contributed by atoms with van der Waals surface area (Å²) >= 11 is 0. The zero-order valence-corrected chi connectivity index (χ0v) is 13.2. The van der Waals surface area contributed by atoms with Crippen molar-refractivity contribution < 1.29 is 29.6 Å². The standard InChI is InChI=1S/C14H19N3O7/c1-3-9(20)14(12(22)11(21)8(6-18)24-14)17-5-4-10(15-7(2)19)16-13(17)23/h4-5,8,11-12,18,21-22H,3,6H2,1-2H3,(H,15,16,19,23)/t8-,11-,12-,14-/m1/s1. The van der Waals surface area contributed by atoms with E-state index in [9.17, 15) is 29.7 Å². The fourth-order valence-electron chi connectivity index (χ4n) is 2.67. The van der Waals surface area contributed by atoms with E-state index in [1.807, 2.05) is 0 Å². The number of rotatable bonds is 5. The molecule has 132 valence electrons. The molecule has 1 amide bonds. The van der Waals surface area contributed by atoms with Gasteiger partial charge in [-0.15, -0.1) is 0 Å². The zero-order chi connectivity index (χ0) is 18.1. The maximum absolute atomic E-state index is 12.4. The maximum Gasteiger partial charge on any atom is 0.352 e. The highest BCUT2D eigenvalue weighted by Gasteiger charge is 2.59. The highest BCUT2D eigenvalue weighted by Crippen LogP contribution is 2.36. The Hall–Kier alpha value is -2.14. The molecule has 2 rings (SSSR count). The van der Waals surface area contributed by atoms with Gasteiger partial charge in [0.15, 0.2) is 5.78 Å². The summed E-state index contributed by atoms with van der Waals surface area (Å²) in [6, 6.07) is 1.25. The molecule has 10 heteroatoms. The van der Waals surface area contributed by atoms with Crippen molar-refractivity contribution in [3.63, 3.8) is 0 Å². The summed E-state index contributed by atoms with van der Waals surface area (Å²) in [6.45, 7) is 2.09. The molecule has 0 radical (unpaired) electrons. The van der Waals surface area contributed by atoms with E-state index in [2.05, 4.69) is 10.3 Å². The van der Waals surface area contributed by atoms with E-state index >= 15 is 0 Å². The lowest BCUT2D eigenvalue weighted by Crippen LogP contribution is -2.55. The number of carbonyl (C=O) groups is 2. The Balaban J connectivity index is 2.57. The largest absolute Gasteiger partial charge is 0.394 e. The van der Waals surface area contributed by atoms with Crippen LogP contribution in [0.1, 0.15) is 20.3 Å². The second-order valence-corrected chi connectivity index (χ2v) is 5.39. The van der Waals surface area contributed by atoms with Gasteiger partial charge in [0.2, 0.25) is 11.6 Å². The van der Waals surface area contributed by atoms with Crippen LogP contribution in [-0.4, -0.2) is 61.5 Å². The van der Waals surface area contributed by atoms with Crippen molar-refractivity contribution in [1.82, 2.24) is 9.55 Å². The van der Waals surface area contributed by atoms with Gasteiger partial charge in [0.05, 0.1) is 6.61 Å². The Morgan fingerprint density at radius 2 is 2.12 bits per heavy atom. The van der Waals surface area contributed by atoms with Crippen molar-refractivity contribution in [3.8, 4) is 0 Å². The Labute approximate surface area is 136 Å². The lowest BCUT2D eigenvalue weighted by molar-refractivity contribution is -0.175. The number of anilines is 1. The zero-order valence-electron chi connectivity index (χ0n) is 13.2. The smallest absolute Gasteiger partial charge is 0.352 e. The molecule has 24 heavy (non-hydrogen) atoms. The molecule has 1 saturated heterocycles. The molecule has 1 fully saturated rings. The third-order valence-corrected chi connectivity index (χ3v) is 3.80. The van der Waals surface area contributed by atoms with Crippen molar-refractivity contribution >= 4 is 17.5 Å². The maximum atomic E-state index is 12.4. The van der Waals surface area contributed by atoms with Gasteiger partial charge in [-0.05, 0) is 6.07 Å². The number of ether oxygens (including phenoxy) is 1. The monoisotopic (exact) mass is 341 g/mol. The second-order valence-electron chi connectivity index (χ2n) is 5.39. The highest BCUT2D eigenvalue weighted by atomic mass is 16.6. The number of aromatic nitrogens is 2. The molecular weight excluding hydrogens is 322 g/mol. The van der Waals surface area contributed by atoms with Gasteiger partial charge in [-0.1, -0.05) is 6.92 Å². The van der Waals surface area contributed by atoms with Crippen LogP contribution < -0.4 is 11.0 Å². The lowest BCUT2D eigenvalue weighted by Gasteiger charge is -2.31. The minimum absolute atomic E-state index is 0.0328. The number of nitrogens with one attached hydrogen (secondary N) is 1. The van der Waals surface area contributed by atoms with Crippen LogP contribution in [0.15, 0.2) is 17.1 Å². The molecule has 0 unspecified atom stereocenters. The molecule has 0 aliphatic carbocycles. The average molecular weight is 341 g/mol. The van der Waals surface area contributed by atoms with Crippen LogP contribution in [0.3, 0.4) is 0 Å². The molecule has 1 aromatic rings. The van der Waals surface area contributed by atoms with E-state index in [1.165, 1.54) is 19.9 Å². The van der Waals surface area contributed by atoms with Gasteiger partial charge in [-0.2, -0.15) is 4.98 Å². The first-order valence-corrected chi connectivity index (χ1v) is 7.33. The first-order chi connectivity index (χ1) is 11.3. The number of aliphatic hydroxyl groups excluding tert-OH is 3. The number of carbonyl (C=O) groups excluding carboxylic acids is 2. The molecule has 2 heterocycles. The molecule has 10 nitrogen and oxygen atoms in total. The molecule has 0 saturated carbocycles. The van der Waals surface area contributed by atoms with Gasteiger partial charge in [0.25, 0.3) is 0 Å². The number of hydrogen-bond acceptors (Lipinski definition) is 8. The Bertz CT molecular complexity index is 704. The minimum atomic E-state index is -2.19. The highest BCUT2D eigenvalue weighted by molar-refractivity contribution is 5.88. The van der Waals surface area contributed by atoms with Gasteiger partial charge < -0.3 is 25.4 Å². The first kappa shape index (κ1) is 18.2. The first-order valence-electron chi connectivity index (χ1n) is 7.33. The van der Waals surface area contributed by atoms with Crippen LogP contribution >= 0.6 is 0 Å². The normalized spacial score (nSPS) is 29.5. The van der Waals surface area contributed by atoms with Gasteiger partial charge in [-0.25, -0.2) is 4.79 Å². The van der Waals surface area contributed by atoms with Crippen LogP contribution in [0.2, 0.25) is 0 Å². The van der Waals surface area contributed by atoms with E-state index < -0.39 is 48.0 Å². The molecule has 0 aromatic carbocycles. The molecule has 0 spiro atoms. The van der Waals surface area contributed by atoms with E-state index in [-0.39, 0.29) is 12.2 Å². The second kappa shape index (κ2) is 6.77. The SMILES string of the molecule is CCC(=O)[C@@]1(n2ccc(NC(C)=O)nc2=O)O[C@H](CO)[C@@H](O)[C@H]1O. The third-order valence-electron chi connectivity index (χ3n) is 3.80. The number of aliphatic hydroxyl groups is 3. The van der Waals surface area contributed by atoms with Crippen LogP contribution in [0, 0.1) is 0 Å². The van der Waals surface area contributed by atoms with Crippen molar-refractivity contribution in [2.24, 2.45) is 0 Å². The Kier molecular flexibility index (Phi) is 5.13.